The first-order chi connectivity index (χ1) is 6.10. The molecule has 0 aliphatic heterocycles. The lowest BCUT2D eigenvalue weighted by Crippen LogP contribution is -2.35. The van der Waals surface area contributed by atoms with Gasteiger partial charge in [0.2, 0.25) is 0 Å². The van der Waals surface area contributed by atoms with E-state index < -0.39 is 11.4 Å². The molecule has 1 aliphatic carbocycles. The van der Waals surface area contributed by atoms with E-state index >= 15 is 0 Å². The summed E-state index contributed by atoms with van der Waals surface area (Å²) in [7, 11) is 0. The van der Waals surface area contributed by atoms with Crippen LogP contribution < -0.4 is 0 Å². The minimum absolute atomic E-state index is 0.216. The second kappa shape index (κ2) is 3.90. The highest BCUT2D eigenvalue weighted by Gasteiger charge is 2.40. The highest BCUT2D eigenvalue weighted by atomic mass is 16.4. The van der Waals surface area contributed by atoms with Gasteiger partial charge in [-0.25, -0.2) is 0 Å². The predicted octanol–water partition coefficient (Wildman–Crippen LogP) is 2.00. The van der Waals surface area contributed by atoms with Crippen LogP contribution in [-0.2, 0) is 9.59 Å². The van der Waals surface area contributed by atoms with Crippen molar-refractivity contribution in [2.75, 3.05) is 0 Å². The minimum Gasteiger partial charge on any atom is -0.481 e. The molecule has 0 bridgehead atoms. The van der Waals surface area contributed by atoms with Crippen LogP contribution in [0.4, 0.5) is 0 Å². The maximum absolute atomic E-state index is 11.1. The molecule has 1 aliphatic rings. The molecule has 0 aromatic carbocycles. The first-order valence-electron chi connectivity index (χ1n) is 4.86. The lowest BCUT2D eigenvalue weighted by atomic mass is 9.71. The number of carbonyl (C=O) groups is 2. The van der Waals surface area contributed by atoms with Gasteiger partial charge in [0.25, 0.3) is 0 Å². The summed E-state index contributed by atoms with van der Waals surface area (Å²) in [6.07, 6.45) is 3.55. The third-order valence-corrected chi connectivity index (χ3v) is 2.95. The Bertz CT molecular complexity index is 210. The highest BCUT2D eigenvalue weighted by molar-refractivity contribution is 5.83. The fourth-order valence-electron chi connectivity index (χ4n) is 2.06. The van der Waals surface area contributed by atoms with E-state index in [0.29, 0.717) is 32.1 Å². The molecule has 3 heteroatoms. The molecule has 0 spiro atoms. The van der Waals surface area contributed by atoms with Crippen LogP contribution in [0.3, 0.4) is 0 Å². The number of carboxylic acid groups (broad SMARTS) is 1. The van der Waals surface area contributed by atoms with Crippen molar-refractivity contribution in [3.05, 3.63) is 0 Å². The Morgan fingerprint density at radius 3 is 2.38 bits per heavy atom. The largest absolute Gasteiger partial charge is 0.481 e. The van der Waals surface area contributed by atoms with Gasteiger partial charge in [-0.3, -0.25) is 9.59 Å². The van der Waals surface area contributed by atoms with Crippen LogP contribution in [0.1, 0.15) is 45.4 Å². The van der Waals surface area contributed by atoms with Crippen LogP contribution in [0.25, 0.3) is 0 Å². The molecular formula is C10H16O3. The van der Waals surface area contributed by atoms with Gasteiger partial charge in [0.15, 0.2) is 0 Å². The van der Waals surface area contributed by atoms with Gasteiger partial charge in [-0.15, -0.1) is 0 Å². The normalized spacial score (nSPS) is 21.5. The molecule has 0 atom stereocenters. The lowest BCUT2D eigenvalue weighted by Gasteiger charge is -2.32. The molecular weight excluding hydrogens is 168 g/mol. The van der Waals surface area contributed by atoms with Gasteiger partial charge < -0.3 is 5.11 Å². The first-order valence-corrected chi connectivity index (χ1v) is 4.86. The number of carbonyl (C=O) groups excluding carboxylic acids is 1. The molecule has 1 N–H and O–H groups in total. The number of hydrogen-bond acceptors (Lipinski definition) is 2. The van der Waals surface area contributed by atoms with Crippen LogP contribution in [0.2, 0.25) is 0 Å². The van der Waals surface area contributed by atoms with Crippen LogP contribution >= 0.6 is 0 Å². The van der Waals surface area contributed by atoms with Gasteiger partial charge in [-0.05, 0) is 19.3 Å². The zero-order chi connectivity index (χ0) is 9.90. The minimum atomic E-state index is -0.721. The molecule has 3 nitrogen and oxygen atoms in total. The number of aliphatic carboxylic acids is 1. The Kier molecular flexibility index (Phi) is 3.07. The molecule has 0 radical (unpaired) electrons. The van der Waals surface area contributed by atoms with Crippen molar-refractivity contribution in [3.63, 3.8) is 0 Å². The predicted molar refractivity (Wildman–Crippen MR) is 48.5 cm³/mol. The summed E-state index contributed by atoms with van der Waals surface area (Å²) in [5.74, 6) is -0.505. The zero-order valence-corrected chi connectivity index (χ0v) is 8.01. The van der Waals surface area contributed by atoms with E-state index in [-0.39, 0.29) is 5.78 Å². The molecule has 74 valence electrons. The maximum atomic E-state index is 11.1. The zero-order valence-electron chi connectivity index (χ0n) is 8.01. The van der Waals surface area contributed by atoms with Crippen LogP contribution in [0, 0.1) is 5.41 Å². The Balaban J connectivity index is 2.68. The van der Waals surface area contributed by atoms with Gasteiger partial charge in [-0.1, -0.05) is 13.3 Å². The SMILES string of the molecule is CCCC1(C(=O)O)CCC(=O)CC1. The van der Waals surface area contributed by atoms with E-state index in [4.69, 9.17) is 5.11 Å². The molecule has 1 fully saturated rings. The van der Waals surface area contributed by atoms with Crippen molar-refractivity contribution in [1.29, 1.82) is 0 Å². The number of Topliss-reactive ketones (excluding diaryl/α,β-unsaturated/α-hetero) is 1. The third kappa shape index (κ3) is 2.08. The van der Waals surface area contributed by atoms with E-state index in [1.54, 1.807) is 0 Å². The second-order valence-electron chi connectivity index (χ2n) is 3.87. The maximum Gasteiger partial charge on any atom is 0.309 e. The molecule has 0 unspecified atom stereocenters. The number of carboxylic acids is 1. The van der Waals surface area contributed by atoms with Gasteiger partial charge in [0.1, 0.15) is 5.78 Å². The molecule has 13 heavy (non-hydrogen) atoms. The molecule has 1 saturated carbocycles. The van der Waals surface area contributed by atoms with E-state index in [9.17, 15) is 9.59 Å². The Hall–Kier alpha value is -0.860. The molecule has 0 aromatic rings. The van der Waals surface area contributed by atoms with E-state index in [0.717, 1.165) is 6.42 Å². The number of ketones is 1. The van der Waals surface area contributed by atoms with E-state index in [2.05, 4.69) is 0 Å². The van der Waals surface area contributed by atoms with Gasteiger partial charge in [0, 0.05) is 12.8 Å². The lowest BCUT2D eigenvalue weighted by molar-refractivity contribution is -0.152. The standard InChI is InChI=1S/C10H16O3/c1-2-5-10(9(12)13)6-3-8(11)4-7-10/h2-7H2,1H3,(H,12,13). The van der Waals surface area contributed by atoms with Crippen molar-refractivity contribution in [2.24, 2.45) is 5.41 Å². The van der Waals surface area contributed by atoms with Gasteiger partial charge >= 0.3 is 5.97 Å². The average molecular weight is 184 g/mol. The number of hydrogen-bond donors (Lipinski definition) is 1. The van der Waals surface area contributed by atoms with Crippen molar-refractivity contribution in [3.8, 4) is 0 Å². The second-order valence-corrected chi connectivity index (χ2v) is 3.87. The smallest absolute Gasteiger partial charge is 0.309 e. The summed E-state index contributed by atoms with van der Waals surface area (Å²) >= 11 is 0. The summed E-state index contributed by atoms with van der Waals surface area (Å²) in [5, 5.41) is 9.09. The fraction of sp³-hybridized carbons (Fsp3) is 0.800. The van der Waals surface area contributed by atoms with Crippen LogP contribution in [0.5, 0.6) is 0 Å². The monoisotopic (exact) mass is 184 g/mol. The number of rotatable bonds is 3. The van der Waals surface area contributed by atoms with Crippen molar-refractivity contribution >= 4 is 11.8 Å². The molecule has 0 heterocycles. The van der Waals surface area contributed by atoms with Crippen molar-refractivity contribution in [1.82, 2.24) is 0 Å². The van der Waals surface area contributed by atoms with Crippen molar-refractivity contribution in [2.45, 2.75) is 45.4 Å². The summed E-state index contributed by atoms with van der Waals surface area (Å²) in [6, 6.07) is 0. The molecule has 0 amide bonds. The van der Waals surface area contributed by atoms with Crippen LogP contribution in [0.15, 0.2) is 0 Å². The Morgan fingerprint density at radius 2 is 2.00 bits per heavy atom. The molecule has 0 aromatic heterocycles. The van der Waals surface area contributed by atoms with E-state index in [1.165, 1.54) is 0 Å². The Labute approximate surface area is 78.1 Å². The highest BCUT2D eigenvalue weighted by Crippen LogP contribution is 2.39. The van der Waals surface area contributed by atoms with Gasteiger partial charge in [0.05, 0.1) is 5.41 Å². The fourth-order valence-corrected chi connectivity index (χ4v) is 2.06. The Morgan fingerprint density at radius 1 is 1.46 bits per heavy atom. The quantitative estimate of drug-likeness (QED) is 0.729. The van der Waals surface area contributed by atoms with Crippen molar-refractivity contribution < 1.29 is 14.7 Å². The third-order valence-electron chi connectivity index (χ3n) is 2.95. The summed E-state index contributed by atoms with van der Waals surface area (Å²) < 4.78 is 0. The summed E-state index contributed by atoms with van der Waals surface area (Å²) in [4.78, 5) is 22.0. The average Bonchev–Trinajstić information content (AvgIpc) is 2.09. The van der Waals surface area contributed by atoms with Gasteiger partial charge in [-0.2, -0.15) is 0 Å². The first kappa shape index (κ1) is 10.2. The topological polar surface area (TPSA) is 54.4 Å². The van der Waals surface area contributed by atoms with E-state index in [1.807, 2.05) is 6.92 Å². The molecule has 1 rings (SSSR count). The molecule has 0 saturated heterocycles. The summed E-state index contributed by atoms with van der Waals surface area (Å²) in [6.45, 7) is 1.99. The van der Waals surface area contributed by atoms with Crippen LogP contribution in [-0.4, -0.2) is 16.9 Å². The summed E-state index contributed by atoms with van der Waals surface area (Å²) in [5.41, 5.74) is -0.595.